The van der Waals surface area contributed by atoms with Crippen molar-refractivity contribution in [2.24, 2.45) is 5.11 Å². The molecule has 1 aliphatic rings. The quantitative estimate of drug-likeness (QED) is 0.421. The first-order valence-corrected chi connectivity index (χ1v) is 5.20. The molecule has 0 saturated heterocycles. The Hall–Kier alpha value is -1.51. The first-order valence-electron chi connectivity index (χ1n) is 5.20. The summed E-state index contributed by atoms with van der Waals surface area (Å²) in [6.45, 7) is 3.48. The van der Waals surface area contributed by atoms with Crippen LogP contribution in [0.15, 0.2) is 29.4 Å². The Morgan fingerprint density at radius 2 is 2.13 bits per heavy atom. The summed E-state index contributed by atoms with van der Waals surface area (Å²) in [6.07, 6.45) is 1.10. The summed E-state index contributed by atoms with van der Waals surface area (Å²) in [5.41, 5.74) is 11.1. The van der Waals surface area contributed by atoms with Crippen LogP contribution in [-0.4, -0.2) is 24.5 Å². The third-order valence-corrected chi connectivity index (χ3v) is 2.79. The van der Waals surface area contributed by atoms with Gasteiger partial charge in [0.25, 0.3) is 0 Å². The van der Waals surface area contributed by atoms with Gasteiger partial charge in [0.05, 0.1) is 0 Å². The van der Waals surface area contributed by atoms with E-state index in [-0.39, 0.29) is 0 Å². The van der Waals surface area contributed by atoms with E-state index in [9.17, 15) is 0 Å². The summed E-state index contributed by atoms with van der Waals surface area (Å²) in [4.78, 5) is 5.09. The molecule has 0 amide bonds. The predicted molar refractivity (Wildman–Crippen MR) is 59.4 cm³/mol. The molecule has 1 heterocycles. The van der Waals surface area contributed by atoms with Crippen LogP contribution < -0.4 is 0 Å². The molecule has 4 nitrogen and oxygen atoms in total. The van der Waals surface area contributed by atoms with Crippen LogP contribution in [0.1, 0.15) is 11.1 Å². The highest BCUT2D eigenvalue weighted by atomic mass is 15.2. The molecule has 0 atom stereocenters. The molecule has 0 saturated carbocycles. The Kier molecular flexibility index (Phi) is 3.22. The van der Waals surface area contributed by atoms with E-state index >= 15 is 0 Å². The van der Waals surface area contributed by atoms with Crippen LogP contribution in [-0.2, 0) is 13.0 Å². The van der Waals surface area contributed by atoms with Crippen LogP contribution in [0.5, 0.6) is 0 Å². The van der Waals surface area contributed by atoms with Crippen LogP contribution in [0, 0.1) is 0 Å². The fourth-order valence-corrected chi connectivity index (χ4v) is 1.98. The van der Waals surface area contributed by atoms with Crippen molar-refractivity contribution in [1.82, 2.24) is 4.90 Å². The largest absolute Gasteiger partial charge is 0.299 e. The first kappa shape index (κ1) is 10.0. The Bertz CT molecular complexity index is 382. The van der Waals surface area contributed by atoms with Gasteiger partial charge in [-0.2, -0.15) is 0 Å². The van der Waals surface area contributed by atoms with Crippen LogP contribution >= 0.6 is 0 Å². The minimum Gasteiger partial charge on any atom is -0.299 e. The van der Waals surface area contributed by atoms with Crippen molar-refractivity contribution >= 4 is 0 Å². The number of azide groups is 1. The maximum Gasteiger partial charge on any atom is 0.0385 e. The second-order valence-electron chi connectivity index (χ2n) is 3.75. The Morgan fingerprint density at radius 1 is 1.33 bits per heavy atom. The molecule has 0 spiro atoms. The molecule has 0 bridgehead atoms. The lowest BCUT2D eigenvalue weighted by molar-refractivity contribution is 0.261. The maximum atomic E-state index is 8.19. The van der Waals surface area contributed by atoms with E-state index < -0.39 is 0 Å². The third-order valence-electron chi connectivity index (χ3n) is 2.79. The monoisotopic (exact) mass is 202 g/mol. The molecule has 78 valence electrons. The van der Waals surface area contributed by atoms with Crippen molar-refractivity contribution in [2.45, 2.75) is 13.0 Å². The molecule has 0 N–H and O–H groups in total. The lowest BCUT2D eigenvalue weighted by Crippen LogP contribution is -2.32. The van der Waals surface area contributed by atoms with E-state index in [1.54, 1.807) is 0 Å². The van der Waals surface area contributed by atoms with Gasteiger partial charge in [-0.1, -0.05) is 29.4 Å². The van der Waals surface area contributed by atoms with Gasteiger partial charge in [0.1, 0.15) is 0 Å². The average Bonchev–Trinajstić information content (AvgIpc) is 2.29. The molecule has 0 aromatic heterocycles. The van der Waals surface area contributed by atoms with E-state index in [1.807, 2.05) is 0 Å². The second-order valence-corrected chi connectivity index (χ2v) is 3.75. The number of benzene rings is 1. The van der Waals surface area contributed by atoms with Gasteiger partial charge < -0.3 is 0 Å². The standard InChI is InChI=1S/C11H14N4/c12-14-13-6-8-15-7-5-10-3-1-2-4-11(10)9-15/h1-4H,5-9H2. The van der Waals surface area contributed by atoms with Crippen molar-refractivity contribution < 1.29 is 0 Å². The van der Waals surface area contributed by atoms with Crippen molar-refractivity contribution in [2.75, 3.05) is 19.6 Å². The van der Waals surface area contributed by atoms with Gasteiger partial charge in [0, 0.05) is 31.1 Å². The van der Waals surface area contributed by atoms with E-state index in [0.717, 1.165) is 26.1 Å². The van der Waals surface area contributed by atoms with E-state index in [1.165, 1.54) is 11.1 Å². The lowest BCUT2D eigenvalue weighted by atomic mass is 10.0. The number of rotatable bonds is 3. The van der Waals surface area contributed by atoms with Gasteiger partial charge in [-0.15, -0.1) is 0 Å². The third kappa shape index (κ3) is 2.49. The molecule has 1 aliphatic heterocycles. The highest BCUT2D eigenvalue weighted by molar-refractivity contribution is 5.28. The highest BCUT2D eigenvalue weighted by Crippen LogP contribution is 2.17. The Balaban J connectivity index is 1.96. The summed E-state index contributed by atoms with van der Waals surface area (Å²) in [5.74, 6) is 0. The fourth-order valence-electron chi connectivity index (χ4n) is 1.98. The van der Waals surface area contributed by atoms with Crippen molar-refractivity contribution in [3.05, 3.63) is 45.8 Å². The van der Waals surface area contributed by atoms with Crippen molar-refractivity contribution in [3.63, 3.8) is 0 Å². The van der Waals surface area contributed by atoms with Crippen molar-refractivity contribution in [3.8, 4) is 0 Å². The summed E-state index contributed by atoms with van der Waals surface area (Å²) in [5, 5.41) is 3.56. The first-order chi connectivity index (χ1) is 7.40. The van der Waals surface area contributed by atoms with Crippen LogP contribution in [0.4, 0.5) is 0 Å². The number of hydrogen-bond donors (Lipinski definition) is 0. The van der Waals surface area contributed by atoms with Crippen LogP contribution in [0.25, 0.3) is 10.4 Å². The zero-order valence-electron chi connectivity index (χ0n) is 8.63. The molecule has 0 unspecified atom stereocenters. The molecule has 0 aliphatic carbocycles. The number of nitrogens with zero attached hydrogens (tertiary/aromatic N) is 4. The molecule has 1 aromatic rings. The molecule has 1 aromatic carbocycles. The number of hydrogen-bond acceptors (Lipinski definition) is 2. The van der Waals surface area contributed by atoms with E-state index in [2.05, 4.69) is 39.2 Å². The maximum absolute atomic E-state index is 8.19. The van der Waals surface area contributed by atoms with Gasteiger partial charge in [-0.05, 0) is 23.1 Å². The summed E-state index contributed by atoms with van der Waals surface area (Å²) >= 11 is 0. The van der Waals surface area contributed by atoms with Crippen LogP contribution in [0.2, 0.25) is 0 Å². The topological polar surface area (TPSA) is 52.0 Å². The molecule has 0 radical (unpaired) electrons. The normalized spacial score (nSPS) is 15.5. The minimum absolute atomic E-state index is 0.568. The highest BCUT2D eigenvalue weighted by Gasteiger charge is 2.14. The minimum atomic E-state index is 0.568. The summed E-state index contributed by atoms with van der Waals surface area (Å²) < 4.78 is 0. The van der Waals surface area contributed by atoms with E-state index in [4.69, 9.17) is 5.53 Å². The van der Waals surface area contributed by atoms with Crippen molar-refractivity contribution in [1.29, 1.82) is 0 Å². The second kappa shape index (κ2) is 4.82. The van der Waals surface area contributed by atoms with E-state index in [0.29, 0.717) is 6.54 Å². The molecular weight excluding hydrogens is 188 g/mol. The summed E-state index contributed by atoms with van der Waals surface area (Å²) in [6, 6.07) is 8.54. The van der Waals surface area contributed by atoms with Gasteiger partial charge in [-0.25, -0.2) is 0 Å². The molecule has 0 fully saturated rings. The smallest absolute Gasteiger partial charge is 0.0385 e. The van der Waals surface area contributed by atoms with Crippen LogP contribution in [0.3, 0.4) is 0 Å². The number of fused-ring (bicyclic) bond motifs is 1. The fraction of sp³-hybridized carbons (Fsp3) is 0.455. The Labute approximate surface area is 89.1 Å². The average molecular weight is 202 g/mol. The summed E-state index contributed by atoms with van der Waals surface area (Å²) in [7, 11) is 0. The van der Waals surface area contributed by atoms with Gasteiger partial charge in [0.2, 0.25) is 0 Å². The molecule has 2 rings (SSSR count). The zero-order valence-corrected chi connectivity index (χ0v) is 8.63. The molecule has 4 heteroatoms. The molecular formula is C11H14N4. The Morgan fingerprint density at radius 3 is 2.93 bits per heavy atom. The van der Waals surface area contributed by atoms with Gasteiger partial charge in [0.15, 0.2) is 0 Å². The SMILES string of the molecule is [N-]=[N+]=NCCN1CCc2ccccc2C1. The van der Waals surface area contributed by atoms with Gasteiger partial charge in [-0.3, -0.25) is 4.90 Å². The lowest BCUT2D eigenvalue weighted by Gasteiger charge is -2.28. The molecule has 15 heavy (non-hydrogen) atoms. The predicted octanol–water partition coefficient (Wildman–Crippen LogP) is 2.36. The zero-order chi connectivity index (χ0) is 10.5. The van der Waals surface area contributed by atoms with Gasteiger partial charge >= 0.3 is 0 Å².